The third-order valence-electron chi connectivity index (χ3n) is 2.12. The Balaban J connectivity index is 2.01. The lowest BCUT2D eigenvalue weighted by atomic mass is 10.3. The fourth-order valence-electron chi connectivity index (χ4n) is 1.41. The minimum absolute atomic E-state index is 0.842. The summed E-state index contributed by atoms with van der Waals surface area (Å²) >= 11 is 5.16. The molecule has 2 aromatic heterocycles. The lowest BCUT2D eigenvalue weighted by Crippen LogP contribution is -1.98. The smallest absolute Gasteiger partial charge is 0.0825 e. The average Bonchev–Trinajstić information content (AvgIpc) is 2.70. The Hall–Kier alpha value is -0.810. The highest BCUT2D eigenvalue weighted by Gasteiger charge is 2.02. The summed E-state index contributed by atoms with van der Waals surface area (Å²) in [5, 5.41) is 9.78. The van der Waals surface area contributed by atoms with Crippen LogP contribution in [0.2, 0.25) is 0 Å². The summed E-state index contributed by atoms with van der Waals surface area (Å²) in [6.45, 7) is 2.85. The maximum absolute atomic E-state index is 4.28. The van der Waals surface area contributed by atoms with Gasteiger partial charge in [-0.25, -0.2) is 0 Å². The first-order chi connectivity index (χ1) is 7.15. The fourth-order valence-corrected chi connectivity index (χ4v) is 2.62. The summed E-state index contributed by atoms with van der Waals surface area (Å²) < 4.78 is 2.99. The maximum Gasteiger partial charge on any atom is 0.0825 e. The highest BCUT2D eigenvalue weighted by molar-refractivity contribution is 9.11. The van der Waals surface area contributed by atoms with Gasteiger partial charge in [0.2, 0.25) is 0 Å². The Bertz CT molecular complexity index is 461. The Labute approximate surface area is 101 Å². The minimum Gasteiger partial charge on any atom is -0.378 e. The van der Waals surface area contributed by atoms with E-state index in [1.54, 1.807) is 11.3 Å². The molecule has 0 aliphatic carbocycles. The van der Waals surface area contributed by atoms with Gasteiger partial charge in [-0.05, 0) is 39.9 Å². The quantitative estimate of drug-likeness (QED) is 0.939. The van der Waals surface area contributed by atoms with Crippen LogP contribution in [0.1, 0.15) is 11.3 Å². The zero-order valence-corrected chi connectivity index (χ0v) is 11.0. The van der Waals surface area contributed by atoms with Gasteiger partial charge in [-0.15, -0.1) is 11.3 Å². The van der Waals surface area contributed by atoms with Crippen LogP contribution in [0.5, 0.6) is 0 Å². The van der Waals surface area contributed by atoms with Crippen LogP contribution in [0.25, 0.3) is 0 Å². The van der Waals surface area contributed by atoms with Crippen LogP contribution < -0.4 is 5.32 Å². The summed E-state index contributed by atoms with van der Waals surface area (Å²) in [6, 6.07) is 2.13. The molecule has 5 heteroatoms. The number of nitrogens with one attached hydrogen (secondary N) is 1. The second-order valence-corrected chi connectivity index (χ2v) is 5.70. The molecular weight excluding hydrogens is 274 g/mol. The van der Waals surface area contributed by atoms with Crippen LogP contribution in [0.15, 0.2) is 21.4 Å². The molecule has 0 aliphatic heterocycles. The first kappa shape index (κ1) is 10.7. The first-order valence-corrected chi connectivity index (χ1v) is 6.29. The van der Waals surface area contributed by atoms with E-state index >= 15 is 0 Å². The van der Waals surface area contributed by atoms with Gasteiger partial charge in [0.1, 0.15) is 0 Å². The zero-order chi connectivity index (χ0) is 10.8. The predicted octanol–water partition coefficient (Wildman–Crippen LogP) is 3.16. The summed E-state index contributed by atoms with van der Waals surface area (Å²) in [7, 11) is 1.93. The highest BCUT2D eigenvalue weighted by Crippen LogP contribution is 2.21. The largest absolute Gasteiger partial charge is 0.378 e. The van der Waals surface area contributed by atoms with Crippen molar-refractivity contribution in [2.75, 3.05) is 5.32 Å². The number of hydrogen-bond donors (Lipinski definition) is 1. The van der Waals surface area contributed by atoms with Crippen molar-refractivity contribution in [2.45, 2.75) is 13.5 Å². The second-order valence-electron chi connectivity index (χ2n) is 3.41. The molecule has 0 bridgehead atoms. The number of anilines is 1. The summed E-state index contributed by atoms with van der Waals surface area (Å²) in [5.74, 6) is 0. The van der Waals surface area contributed by atoms with Gasteiger partial charge in [-0.1, -0.05) is 0 Å². The topological polar surface area (TPSA) is 29.9 Å². The molecule has 0 atom stereocenters. The fraction of sp³-hybridized carbons (Fsp3) is 0.300. The second kappa shape index (κ2) is 4.37. The van der Waals surface area contributed by atoms with Crippen molar-refractivity contribution < 1.29 is 0 Å². The first-order valence-electron chi connectivity index (χ1n) is 4.62. The number of aryl methyl sites for hydroxylation is 2. The number of halogens is 1. The van der Waals surface area contributed by atoms with E-state index in [9.17, 15) is 0 Å². The summed E-state index contributed by atoms with van der Waals surface area (Å²) in [5.41, 5.74) is 3.42. The molecule has 0 radical (unpaired) electrons. The van der Waals surface area contributed by atoms with Gasteiger partial charge in [-0.2, -0.15) is 5.10 Å². The predicted molar refractivity (Wildman–Crippen MR) is 67.3 cm³/mol. The Kier molecular flexibility index (Phi) is 3.11. The van der Waals surface area contributed by atoms with Gasteiger partial charge >= 0.3 is 0 Å². The van der Waals surface area contributed by atoms with Crippen LogP contribution in [0.3, 0.4) is 0 Å². The van der Waals surface area contributed by atoms with E-state index in [-0.39, 0.29) is 0 Å². The molecule has 15 heavy (non-hydrogen) atoms. The van der Waals surface area contributed by atoms with E-state index in [2.05, 4.69) is 37.8 Å². The van der Waals surface area contributed by atoms with E-state index in [0.717, 1.165) is 17.9 Å². The van der Waals surface area contributed by atoms with Gasteiger partial charge in [0.15, 0.2) is 0 Å². The molecule has 2 rings (SSSR count). The van der Waals surface area contributed by atoms with Crippen LogP contribution in [-0.4, -0.2) is 9.78 Å². The molecule has 2 aromatic rings. The van der Waals surface area contributed by atoms with Crippen LogP contribution in [-0.2, 0) is 13.6 Å². The lowest BCUT2D eigenvalue weighted by Gasteiger charge is -2.01. The van der Waals surface area contributed by atoms with Crippen molar-refractivity contribution in [1.29, 1.82) is 0 Å². The normalized spacial score (nSPS) is 10.6. The van der Waals surface area contributed by atoms with Gasteiger partial charge in [0.05, 0.1) is 15.2 Å². The van der Waals surface area contributed by atoms with Crippen molar-refractivity contribution in [3.63, 3.8) is 0 Å². The summed E-state index contributed by atoms with van der Waals surface area (Å²) in [6.07, 6.45) is 2.00. The van der Waals surface area contributed by atoms with Crippen LogP contribution in [0.4, 0.5) is 5.69 Å². The summed E-state index contributed by atoms with van der Waals surface area (Å²) in [4.78, 5) is 0. The number of hydrogen-bond acceptors (Lipinski definition) is 3. The molecule has 0 spiro atoms. The molecule has 3 nitrogen and oxygen atoms in total. The molecule has 80 valence electrons. The molecule has 2 heterocycles. The van der Waals surface area contributed by atoms with Crippen molar-refractivity contribution in [3.05, 3.63) is 32.7 Å². The van der Waals surface area contributed by atoms with Crippen molar-refractivity contribution in [3.8, 4) is 0 Å². The zero-order valence-electron chi connectivity index (χ0n) is 8.62. The molecule has 0 saturated carbocycles. The number of rotatable bonds is 3. The van der Waals surface area contributed by atoms with E-state index < -0.39 is 0 Å². The molecule has 1 N–H and O–H groups in total. The Morgan fingerprint density at radius 1 is 1.60 bits per heavy atom. The van der Waals surface area contributed by atoms with E-state index in [4.69, 9.17) is 0 Å². The molecule has 0 amide bonds. The molecule has 0 aliphatic rings. The van der Waals surface area contributed by atoms with Crippen molar-refractivity contribution in [2.24, 2.45) is 7.05 Å². The van der Waals surface area contributed by atoms with E-state index in [1.165, 1.54) is 9.35 Å². The molecule has 0 fully saturated rings. The molecule has 0 saturated heterocycles. The molecule has 0 aromatic carbocycles. The SMILES string of the molecule is Cc1nn(C)cc1NCc1csc(Br)c1. The van der Waals surface area contributed by atoms with E-state index in [0.29, 0.717) is 0 Å². The Morgan fingerprint density at radius 2 is 2.40 bits per heavy atom. The van der Waals surface area contributed by atoms with Gasteiger partial charge in [0.25, 0.3) is 0 Å². The van der Waals surface area contributed by atoms with Crippen LogP contribution in [0, 0.1) is 6.92 Å². The third kappa shape index (κ3) is 2.60. The van der Waals surface area contributed by atoms with Gasteiger partial charge < -0.3 is 5.32 Å². The third-order valence-corrected chi connectivity index (χ3v) is 3.67. The molecular formula is C10H12BrN3S. The lowest BCUT2D eigenvalue weighted by molar-refractivity contribution is 0.756. The average molecular weight is 286 g/mol. The number of nitrogens with zero attached hydrogens (tertiary/aromatic N) is 2. The highest BCUT2D eigenvalue weighted by atomic mass is 79.9. The number of thiophene rings is 1. The monoisotopic (exact) mass is 285 g/mol. The van der Waals surface area contributed by atoms with Crippen molar-refractivity contribution >= 4 is 33.0 Å². The minimum atomic E-state index is 0.842. The molecule has 0 unspecified atom stereocenters. The van der Waals surface area contributed by atoms with E-state index in [1.807, 2.05) is 24.9 Å². The number of aromatic nitrogens is 2. The van der Waals surface area contributed by atoms with Crippen molar-refractivity contribution in [1.82, 2.24) is 9.78 Å². The maximum atomic E-state index is 4.28. The van der Waals surface area contributed by atoms with Crippen LogP contribution >= 0.6 is 27.3 Å². The standard InChI is InChI=1S/C10H12BrN3S/c1-7-9(5-14(2)13-7)12-4-8-3-10(11)15-6-8/h3,5-6,12H,4H2,1-2H3. The van der Waals surface area contributed by atoms with Gasteiger partial charge in [0, 0.05) is 19.8 Å². The Morgan fingerprint density at radius 3 is 2.93 bits per heavy atom. The van der Waals surface area contributed by atoms with Gasteiger partial charge in [-0.3, -0.25) is 4.68 Å².